The molecule has 0 saturated carbocycles. The third kappa shape index (κ3) is 11.4. The molecule has 6 amide bonds. The molecule has 5 rings (SSSR count). The van der Waals surface area contributed by atoms with Crippen LogP contribution in [0.5, 0.6) is 5.75 Å². The number of para-hydroxylation sites is 1. The molecule has 13 heteroatoms. The average molecular weight is 739 g/mol. The zero-order valence-corrected chi connectivity index (χ0v) is 31.1. The Balaban J connectivity index is 1.37. The van der Waals surface area contributed by atoms with Gasteiger partial charge in [0, 0.05) is 33.1 Å². The zero-order chi connectivity index (χ0) is 38.6. The van der Waals surface area contributed by atoms with Gasteiger partial charge in [-0.05, 0) is 54.0 Å². The second kappa shape index (κ2) is 18.9. The number of carbonyl (C=O) groups is 6. The van der Waals surface area contributed by atoms with Crippen molar-refractivity contribution in [3.63, 3.8) is 0 Å². The van der Waals surface area contributed by atoms with Crippen LogP contribution in [-0.4, -0.2) is 90.1 Å². The van der Waals surface area contributed by atoms with E-state index in [2.05, 4.69) is 21.3 Å². The van der Waals surface area contributed by atoms with E-state index in [9.17, 15) is 28.8 Å². The maximum atomic E-state index is 13.8. The SMILES string of the molecule is CC(C)C[C@H]1NC(=O)C[C@@H](C(=O)NCc2ccc(CN3CCCC3=O)cc2)NC(=O)c2ccccc2OC[C@@H](Cc2ccccc2)NC(=O)CN(C)C1=O. The Bertz CT molecular complexity index is 1800. The summed E-state index contributed by atoms with van der Waals surface area (Å²) >= 11 is 0. The highest BCUT2D eigenvalue weighted by molar-refractivity contribution is 6.01. The molecule has 0 aliphatic carbocycles. The molecular weight excluding hydrogens is 688 g/mol. The van der Waals surface area contributed by atoms with Crippen molar-refractivity contribution in [3.05, 3.63) is 101 Å². The molecule has 13 nitrogen and oxygen atoms in total. The Labute approximate surface area is 316 Å². The van der Waals surface area contributed by atoms with Crippen LogP contribution in [0.15, 0.2) is 78.9 Å². The van der Waals surface area contributed by atoms with Crippen molar-refractivity contribution >= 4 is 35.4 Å². The van der Waals surface area contributed by atoms with Gasteiger partial charge in [0.25, 0.3) is 5.91 Å². The Morgan fingerprint density at radius 3 is 2.26 bits per heavy atom. The Morgan fingerprint density at radius 2 is 1.56 bits per heavy atom. The number of nitrogens with one attached hydrogen (secondary N) is 4. The largest absolute Gasteiger partial charge is 0.491 e. The fourth-order valence-corrected chi connectivity index (χ4v) is 6.60. The molecule has 2 aliphatic rings. The Kier molecular flexibility index (Phi) is 13.8. The minimum absolute atomic E-state index is 0.00957. The molecule has 0 unspecified atom stereocenters. The van der Waals surface area contributed by atoms with Crippen molar-refractivity contribution in [3.8, 4) is 5.75 Å². The number of nitrogens with zero attached hydrogens (tertiary/aromatic N) is 2. The number of likely N-dealkylation sites (tertiary alicyclic amines) is 1. The lowest BCUT2D eigenvalue weighted by atomic mass is 10.0. The number of hydrogen-bond acceptors (Lipinski definition) is 7. The van der Waals surface area contributed by atoms with Crippen LogP contribution in [0.25, 0.3) is 0 Å². The van der Waals surface area contributed by atoms with E-state index in [0.29, 0.717) is 25.8 Å². The summed E-state index contributed by atoms with van der Waals surface area (Å²) in [7, 11) is 1.50. The highest BCUT2D eigenvalue weighted by atomic mass is 16.5. The van der Waals surface area contributed by atoms with E-state index in [0.717, 1.165) is 29.7 Å². The van der Waals surface area contributed by atoms with Crippen LogP contribution in [-0.2, 0) is 43.5 Å². The summed E-state index contributed by atoms with van der Waals surface area (Å²) in [5.41, 5.74) is 2.86. The second-order valence-corrected chi connectivity index (χ2v) is 14.4. The van der Waals surface area contributed by atoms with Gasteiger partial charge in [0.2, 0.25) is 29.5 Å². The van der Waals surface area contributed by atoms with Crippen molar-refractivity contribution < 1.29 is 33.5 Å². The summed E-state index contributed by atoms with van der Waals surface area (Å²) in [5, 5.41) is 11.3. The Hall–Kier alpha value is -5.72. The number of rotatable bonds is 9. The first-order valence-electron chi connectivity index (χ1n) is 18.5. The van der Waals surface area contributed by atoms with E-state index in [1.54, 1.807) is 24.3 Å². The normalized spacial score (nSPS) is 20.4. The van der Waals surface area contributed by atoms with Crippen molar-refractivity contribution in [1.29, 1.82) is 0 Å². The summed E-state index contributed by atoms with van der Waals surface area (Å²) in [6, 6.07) is 20.9. The van der Waals surface area contributed by atoms with Gasteiger partial charge in [-0.3, -0.25) is 28.8 Å². The van der Waals surface area contributed by atoms with E-state index in [1.807, 2.05) is 73.3 Å². The van der Waals surface area contributed by atoms with Crippen molar-refractivity contribution in [2.45, 2.75) is 77.2 Å². The maximum absolute atomic E-state index is 13.8. The zero-order valence-electron chi connectivity index (χ0n) is 31.1. The van der Waals surface area contributed by atoms with Crippen LogP contribution < -0.4 is 26.0 Å². The molecule has 2 aliphatic heterocycles. The first-order chi connectivity index (χ1) is 25.9. The number of ether oxygens (including phenoxy) is 1. The van der Waals surface area contributed by atoms with Gasteiger partial charge in [-0.2, -0.15) is 0 Å². The molecule has 3 aromatic carbocycles. The molecule has 0 bridgehead atoms. The third-order valence-electron chi connectivity index (χ3n) is 9.41. The molecular formula is C41H50N6O7. The van der Waals surface area contributed by atoms with Crippen LogP contribution in [0.3, 0.4) is 0 Å². The molecule has 286 valence electrons. The van der Waals surface area contributed by atoms with Crippen molar-refractivity contribution in [1.82, 2.24) is 31.1 Å². The van der Waals surface area contributed by atoms with Crippen molar-refractivity contribution in [2.75, 3.05) is 26.7 Å². The predicted molar refractivity (Wildman–Crippen MR) is 202 cm³/mol. The monoisotopic (exact) mass is 738 g/mol. The molecule has 0 aromatic heterocycles. The number of carbonyl (C=O) groups excluding carboxylic acids is 6. The smallest absolute Gasteiger partial charge is 0.255 e. The molecule has 3 aromatic rings. The van der Waals surface area contributed by atoms with Gasteiger partial charge in [-0.15, -0.1) is 0 Å². The number of fused-ring (bicyclic) bond motifs is 1. The molecule has 2 heterocycles. The quantitative estimate of drug-likeness (QED) is 0.262. The summed E-state index contributed by atoms with van der Waals surface area (Å²) in [4.78, 5) is 83.2. The molecule has 4 N–H and O–H groups in total. The minimum Gasteiger partial charge on any atom is -0.491 e. The van der Waals surface area contributed by atoms with Gasteiger partial charge in [0.1, 0.15) is 24.4 Å². The summed E-state index contributed by atoms with van der Waals surface area (Å²) in [6.07, 6.45) is 1.69. The first-order valence-corrected chi connectivity index (χ1v) is 18.5. The number of likely N-dealkylation sites (N-methyl/N-ethyl adjacent to an activating group) is 1. The minimum atomic E-state index is -1.30. The van der Waals surface area contributed by atoms with Gasteiger partial charge in [-0.25, -0.2) is 0 Å². The Morgan fingerprint density at radius 1 is 0.852 bits per heavy atom. The third-order valence-corrected chi connectivity index (χ3v) is 9.41. The highest BCUT2D eigenvalue weighted by Crippen LogP contribution is 2.20. The van der Waals surface area contributed by atoms with E-state index in [-0.39, 0.29) is 42.8 Å². The van der Waals surface area contributed by atoms with Gasteiger partial charge < -0.3 is 35.8 Å². The standard InChI is InChI=1S/C41H50N6O7/c1-27(2)20-34-41(53)46(3)25-37(49)43-31(21-28-10-5-4-6-11-28)26-54-35-13-8-7-12-32(35)39(51)45-33(22-36(48)44-34)40(52)42-23-29-15-17-30(18-16-29)24-47-19-9-14-38(47)50/h4-8,10-13,15-18,27,31,33-34H,9,14,19-26H2,1-3H3,(H,42,52)(H,43,49)(H,44,48)(H,45,51)/t31-,33+,34-/m1/s1. The highest BCUT2D eigenvalue weighted by Gasteiger charge is 2.31. The maximum Gasteiger partial charge on any atom is 0.255 e. The van der Waals surface area contributed by atoms with E-state index in [1.165, 1.54) is 11.9 Å². The van der Waals surface area contributed by atoms with Crippen LogP contribution in [0.4, 0.5) is 0 Å². The lowest BCUT2D eigenvalue weighted by Crippen LogP contribution is -2.53. The lowest BCUT2D eigenvalue weighted by molar-refractivity contribution is -0.139. The summed E-state index contributed by atoms with van der Waals surface area (Å²) in [5.74, 6) is -2.33. The molecule has 0 spiro atoms. The van der Waals surface area contributed by atoms with Crippen LogP contribution >= 0.6 is 0 Å². The number of hydrogen-bond donors (Lipinski definition) is 4. The molecule has 1 saturated heterocycles. The average Bonchev–Trinajstić information content (AvgIpc) is 3.55. The molecule has 3 atom stereocenters. The van der Waals surface area contributed by atoms with Gasteiger partial charge in [0.15, 0.2) is 0 Å². The fourth-order valence-electron chi connectivity index (χ4n) is 6.60. The van der Waals surface area contributed by atoms with Gasteiger partial charge >= 0.3 is 0 Å². The predicted octanol–water partition coefficient (Wildman–Crippen LogP) is 2.72. The summed E-state index contributed by atoms with van der Waals surface area (Å²) < 4.78 is 6.15. The van der Waals surface area contributed by atoms with Crippen LogP contribution in [0.1, 0.15) is 66.6 Å². The van der Waals surface area contributed by atoms with E-state index >= 15 is 0 Å². The number of amides is 6. The van der Waals surface area contributed by atoms with Crippen LogP contribution in [0, 0.1) is 5.92 Å². The fraction of sp³-hybridized carbons (Fsp3) is 0.415. The van der Waals surface area contributed by atoms with Crippen LogP contribution in [0.2, 0.25) is 0 Å². The topological polar surface area (TPSA) is 166 Å². The van der Waals surface area contributed by atoms with Gasteiger partial charge in [0.05, 0.1) is 24.6 Å². The summed E-state index contributed by atoms with van der Waals surface area (Å²) in [6.45, 7) is 4.96. The molecule has 54 heavy (non-hydrogen) atoms. The first kappa shape index (κ1) is 39.5. The second-order valence-electron chi connectivity index (χ2n) is 14.4. The molecule has 1 fully saturated rings. The van der Waals surface area contributed by atoms with Crippen molar-refractivity contribution in [2.24, 2.45) is 5.92 Å². The molecule has 0 radical (unpaired) electrons. The lowest BCUT2D eigenvalue weighted by Gasteiger charge is -2.27. The van der Waals surface area contributed by atoms with E-state index in [4.69, 9.17) is 4.74 Å². The van der Waals surface area contributed by atoms with Gasteiger partial charge in [-0.1, -0.05) is 80.6 Å². The van der Waals surface area contributed by atoms with E-state index < -0.39 is 54.1 Å². The number of benzene rings is 3.